The SMILES string of the molecule is CCC1CCCN1Cc1ccc(C=O)o1. The van der Waals surface area contributed by atoms with Gasteiger partial charge in [0.15, 0.2) is 12.0 Å². The minimum absolute atomic E-state index is 0.428. The lowest BCUT2D eigenvalue weighted by Crippen LogP contribution is -2.27. The first kappa shape index (κ1) is 10.4. The summed E-state index contributed by atoms with van der Waals surface area (Å²) in [5, 5.41) is 0. The van der Waals surface area contributed by atoms with Crippen molar-refractivity contribution in [2.24, 2.45) is 0 Å². The number of aldehydes is 1. The quantitative estimate of drug-likeness (QED) is 0.711. The standard InChI is InChI=1S/C12H17NO2/c1-2-10-4-3-7-13(10)8-11-5-6-12(9-14)15-11/h5-6,9-10H,2-4,7-8H2,1H3. The largest absolute Gasteiger partial charge is 0.457 e. The molecular weight excluding hydrogens is 190 g/mol. The van der Waals surface area contributed by atoms with Crippen LogP contribution >= 0.6 is 0 Å². The van der Waals surface area contributed by atoms with Crippen molar-refractivity contribution in [3.63, 3.8) is 0 Å². The van der Waals surface area contributed by atoms with Gasteiger partial charge >= 0.3 is 0 Å². The van der Waals surface area contributed by atoms with E-state index in [1.807, 2.05) is 6.07 Å². The molecule has 1 atom stereocenters. The highest BCUT2D eigenvalue weighted by Gasteiger charge is 2.23. The second-order valence-corrected chi connectivity index (χ2v) is 4.10. The number of nitrogens with zero attached hydrogens (tertiary/aromatic N) is 1. The van der Waals surface area contributed by atoms with Gasteiger partial charge in [-0.25, -0.2) is 0 Å². The van der Waals surface area contributed by atoms with Crippen LogP contribution in [-0.2, 0) is 6.54 Å². The molecule has 0 radical (unpaired) electrons. The molecule has 3 heteroatoms. The Morgan fingerprint density at radius 3 is 3.13 bits per heavy atom. The Morgan fingerprint density at radius 2 is 2.47 bits per heavy atom. The second kappa shape index (κ2) is 4.62. The molecule has 0 saturated carbocycles. The van der Waals surface area contributed by atoms with Crippen molar-refractivity contribution in [3.8, 4) is 0 Å². The summed E-state index contributed by atoms with van der Waals surface area (Å²) in [6.07, 6.45) is 4.52. The molecule has 0 aliphatic carbocycles. The van der Waals surface area contributed by atoms with Crippen molar-refractivity contribution in [1.29, 1.82) is 0 Å². The molecule has 1 aliphatic rings. The zero-order valence-corrected chi connectivity index (χ0v) is 9.11. The maximum Gasteiger partial charge on any atom is 0.185 e. The third-order valence-electron chi connectivity index (χ3n) is 3.13. The first-order chi connectivity index (χ1) is 7.33. The van der Waals surface area contributed by atoms with Crippen molar-refractivity contribution in [2.75, 3.05) is 6.54 Å². The molecule has 1 aromatic heterocycles. The Labute approximate surface area is 90.1 Å². The van der Waals surface area contributed by atoms with E-state index in [0.717, 1.165) is 25.1 Å². The van der Waals surface area contributed by atoms with Gasteiger partial charge in [-0.05, 0) is 37.9 Å². The van der Waals surface area contributed by atoms with E-state index in [-0.39, 0.29) is 0 Å². The summed E-state index contributed by atoms with van der Waals surface area (Å²) in [5.41, 5.74) is 0. The first-order valence-corrected chi connectivity index (χ1v) is 5.61. The summed E-state index contributed by atoms with van der Waals surface area (Å²) in [4.78, 5) is 12.9. The van der Waals surface area contributed by atoms with Crippen molar-refractivity contribution in [1.82, 2.24) is 4.90 Å². The average Bonchev–Trinajstić information content (AvgIpc) is 2.87. The molecule has 0 amide bonds. The predicted octanol–water partition coefficient (Wildman–Crippen LogP) is 2.47. The van der Waals surface area contributed by atoms with E-state index >= 15 is 0 Å². The Morgan fingerprint density at radius 1 is 1.60 bits per heavy atom. The molecule has 1 aliphatic heterocycles. The van der Waals surface area contributed by atoms with Crippen molar-refractivity contribution < 1.29 is 9.21 Å². The minimum atomic E-state index is 0.428. The van der Waals surface area contributed by atoms with Crippen LogP contribution in [0.2, 0.25) is 0 Å². The molecule has 1 fully saturated rings. The molecule has 2 heterocycles. The Bertz CT molecular complexity index is 332. The van der Waals surface area contributed by atoms with E-state index in [4.69, 9.17) is 4.42 Å². The van der Waals surface area contributed by atoms with Crippen LogP contribution in [0.5, 0.6) is 0 Å². The molecule has 3 nitrogen and oxygen atoms in total. The molecule has 0 N–H and O–H groups in total. The fourth-order valence-electron chi connectivity index (χ4n) is 2.31. The number of carbonyl (C=O) groups excluding carboxylic acids is 1. The van der Waals surface area contributed by atoms with Crippen LogP contribution < -0.4 is 0 Å². The number of furan rings is 1. The molecule has 0 bridgehead atoms. The van der Waals surface area contributed by atoms with Crippen LogP contribution in [-0.4, -0.2) is 23.8 Å². The lowest BCUT2D eigenvalue weighted by Gasteiger charge is -2.21. The topological polar surface area (TPSA) is 33.5 Å². The van der Waals surface area contributed by atoms with Crippen molar-refractivity contribution >= 4 is 6.29 Å². The van der Waals surface area contributed by atoms with E-state index in [1.165, 1.54) is 19.3 Å². The third-order valence-corrected chi connectivity index (χ3v) is 3.13. The van der Waals surface area contributed by atoms with E-state index in [9.17, 15) is 4.79 Å². The van der Waals surface area contributed by atoms with Gasteiger partial charge < -0.3 is 4.42 Å². The summed E-state index contributed by atoms with van der Waals surface area (Å²) in [5.74, 6) is 1.33. The van der Waals surface area contributed by atoms with Crippen LogP contribution in [0.25, 0.3) is 0 Å². The third kappa shape index (κ3) is 2.29. The van der Waals surface area contributed by atoms with Crippen LogP contribution in [0, 0.1) is 0 Å². The number of hydrogen-bond acceptors (Lipinski definition) is 3. The van der Waals surface area contributed by atoms with E-state index < -0.39 is 0 Å². The van der Waals surface area contributed by atoms with Gasteiger partial charge in [-0.3, -0.25) is 9.69 Å². The van der Waals surface area contributed by atoms with Crippen LogP contribution in [0.1, 0.15) is 42.5 Å². The molecule has 1 saturated heterocycles. The average molecular weight is 207 g/mol. The Balaban J connectivity index is 1.98. The van der Waals surface area contributed by atoms with Crippen LogP contribution in [0.4, 0.5) is 0 Å². The van der Waals surface area contributed by atoms with E-state index in [1.54, 1.807) is 6.07 Å². The van der Waals surface area contributed by atoms with E-state index in [0.29, 0.717) is 11.8 Å². The number of carbonyl (C=O) groups is 1. The van der Waals surface area contributed by atoms with Crippen LogP contribution in [0.3, 0.4) is 0 Å². The number of hydrogen-bond donors (Lipinski definition) is 0. The van der Waals surface area contributed by atoms with Gasteiger partial charge in [0.05, 0.1) is 6.54 Å². The highest BCUT2D eigenvalue weighted by atomic mass is 16.3. The van der Waals surface area contributed by atoms with Gasteiger partial charge in [-0.2, -0.15) is 0 Å². The Hall–Kier alpha value is -1.09. The highest BCUT2D eigenvalue weighted by molar-refractivity contribution is 5.70. The van der Waals surface area contributed by atoms with E-state index in [2.05, 4.69) is 11.8 Å². The first-order valence-electron chi connectivity index (χ1n) is 5.61. The van der Waals surface area contributed by atoms with Gasteiger partial charge in [-0.15, -0.1) is 0 Å². The molecule has 0 aromatic carbocycles. The smallest absolute Gasteiger partial charge is 0.185 e. The molecule has 82 valence electrons. The molecule has 0 spiro atoms. The maximum absolute atomic E-state index is 10.5. The van der Waals surface area contributed by atoms with Gasteiger partial charge in [0.2, 0.25) is 0 Å². The second-order valence-electron chi connectivity index (χ2n) is 4.10. The minimum Gasteiger partial charge on any atom is -0.457 e. The lowest BCUT2D eigenvalue weighted by atomic mass is 10.2. The molecule has 2 rings (SSSR count). The summed E-state index contributed by atoms with van der Waals surface area (Å²) >= 11 is 0. The summed E-state index contributed by atoms with van der Waals surface area (Å²) in [7, 11) is 0. The fraction of sp³-hybridized carbons (Fsp3) is 0.583. The van der Waals surface area contributed by atoms with Crippen LogP contribution in [0.15, 0.2) is 16.5 Å². The molecule has 1 aromatic rings. The monoisotopic (exact) mass is 207 g/mol. The van der Waals surface area contributed by atoms with Gasteiger partial charge in [-0.1, -0.05) is 6.92 Å². The number of rotatable bonds is 4. The Kier molecular flexibility index (Phi) is 3.21. The van der Waals surface area contributed by atoms with Gasteiger partial charge in [0.1, 0.15) is 5.76 Å². The van der Waals surface area contributed by atoms with Gasteiger partial charge in [0, 0.05) is 6.04 Å². The summed E-state index contributed by atoms with van der Waals surface area (Å²) in [6, 6.07) is 4.32. The molecule has 1 unspecified atom stereocenters. The zero-order valence-electron chi connectivity index (χ0n) is 9.11. The predicted molar refractivity (Wildman–Crippen MR) is 57.8 cm³/mol. The normalized spacial score (nSPS) is 22.1. The highest BCUT2D eigenvalue weighted by Crippen LogP contribution is 2.22. The summed E-state index contributed by atoms with van der Waals surface area (Å²) in [6.45, 7) is 4.21. The zero-order chi connectivity index (χ0) is 10.7. The molecular formula is C12H17NO2. The lowest BCUT2D eigenvalue weighted by molar-refractivity contribution is 0.109. The van der Waals surface area contributed by atoms with Crippen molar-refractivity contribution in [3.05, 3.63) is 23.7 Å². The maximum atomic E-state index is 10.5. The van der Waals surface area contributed by atoms with Crippen molar-refractivity contribution in [2.45, 2.75) is 38.8 Å². The molecule has 15 heavy (non-hydrogen) atoms. The fourth-order valence-corrected chi connectivity index (χ4v) is 2.31. The summed E-state index contributed by atoms with van der Waals surface area (Å²) < 4.78 is 5.38. The van der Waals surface area contributed by atoms with Gasteiger partial charge in [0.25, 0.3) is 0 Å². The number of likely N-dealkylation sites (tertiary alicyclic amines) is 1.